The van der Waals surface area contributed by atoms with E-state index in [2.05, 4.69) is 15.4 Å². The lowest BCUT2D eigenvalue weighted by molar-refractivity contribution is 0.559. The minimum Gasteiger partial charge on any atom is -0.351 e. The first-order valence-electron chi connectivity index (χ1n) is 5.95. The van der Waals surface area contributed by atoms with Crippen LogP contribution in [0, 0.1) is 6.92 Å². The van der Waals surface area contributed by atoms with Gasteiger partial charge in [-0.25, -0.2) is 12.9 Å². The zero-order valence-corrected chi connectivity index (χ0v) is 12.3. The van der Waals surface area contributed by atoms with E-state index < -0.39 is 14.6 Å². The number of hydrogen-bond acceptors (Lipinski definition) is 5. The van der Waals surface area contributed by atoms with Gasteiger partial charge >= 0.3 is 0 Å². The molecular formula is C12H18N4O2S. The number of aromatic nitrogens is 3. The summed E-state index contributed by atoms with van der Waals surface area (Å²) < 4.78 is 24.0. The Balaban J connectivity index is 2.19. The molecule has 104 valence electrons. The van der Waals surface area contributed by atoms with Crippen LogP contribution in [-0.2, 0) is 9.84 Å². The van der Waals surface area contributed by atoms with Crippen LogP contribution >= 0.6 is 0 Å². The Labute approximate surface area is 112 Å². The number of aryl methyl sites for hydroxylation is 1. The van der Waals surface area contributed by atoms with Gasteiger partial charge in [-0.1, -0.05) is 0 Å². The highest BCUT2D eigenvalue weighted by Crippen LogP contribution is 2.16. The largest absolute Gasteiger partial charge is 0.351 e. The van der Waals surface area contributed by atoms with Crippen LogP contribution in [0.25, 0.3) is 5.65 Å². The SMILES string of the molecule is Cc1ccn2nc(NCC(C)(C)S(C)(=O)=O)nc2c1. The van der Waals surface area contributed by atoms with Crippen molar-refractivity contribution in [2.45, 2.75) is 25.5 Å². The molecule has 0 aromatic carbocycles. The van der Waals surface area contributed by atoms with Crippen molar-refractivity contribution in [2.24, 2.45) is 0 Å². The normalized spacial score (nSPS) is 12.8. The molecule has 0 aliphatic carbocycles. The first-order chi connectivity index (χ1) is 8.69. The summed E-state index contributed by atoms with van der Waals surface area (Å²) in [6.45, 7) is 5.60. The first kappa shape index (κ1) is 13.8. The third-order valence-corrected chi connectivity index (χ3v) is 5.32. The van der Waals surface area contributed by atoms with Gasteiger partial charge in [0.15, 0.2) is 15.5 Å². The standard InChI is InChI=1S/C12H18N4O2S/c1-9-5-6-16-10(7-9)14-11(15-16)13-8-12(2,3)19(4,17)18/h5-7H,8H2,1-4H3,(H,13,15). The number of pyridine rings is 1. The molecule has 0 atom stereocenters. The topological polar surface area (TPSA) is 76.4 Å². The van der Waals surface area contributed by atoms with Crippen LogP contribution in [0.2, 0.25) is 0 Å². The molecule has 0 saturated heterocycles. The van der Waals surface area contributed by atoms with Gasteiger partial charge in [0.1, 0.15) is 0 Å². The zero-order valence-electron chi connectivity index (χ0n) is 11.5. The molecule has 6 nitrogen and oxygen atoms in total. The second-order valence-electron chi connectivity index (χ2n) is 5.33. The Morgan fingerprint density at radius 3 is 2.74 bits per heavy atom. The Hall–Kier alpha value is -1.63. The average molecular weight is 282 g/mol. The highest BCUT2D eigenvalue weighted by molar-refractivity contribution is 7.92. The highest BCUT2D eigenvalue weighted by Gasteiger charge is 2.30. The molecule has 0 amide bonds. The lowest BCUT2D eigenvalue weighted by Crippen LogP contribution is -2.38. The lowest BCUT2D eigenvalue weighted by atomic mass is 10.2. The molecule has 2 aromatic rings. The van der Waals surface area contributed by atoms with E-state index in [9.17, 15) is 8.42 Å². The summed E-state index contributed by atoms with van der Waals surface area (Å²) in [5, 5.41) is 7.22. The molecule has 0 aliphatic heterocycles. The fraction of sp³-hybridized carbons (Fsp3) is 0.500. The molecule has 0 radical (unpaired) electrons. The van der Waals surface area contributed by atoms with E-state index in [1.807, 2.05) is 25.3 Å². The van der Waals surface area contributed by atoms with Crippen LogP contribution in [-0.4, -0.2) is 40.6 Å². The van der Waals surface area contributed by atoms with Crippen LogP contribution < -0.4 is 5.32 Å². The smallest absolute Gasteiger partial charge is 0.243 e. The van der Waals surface area contributed by atoms with Crippen molar-refractivity contribution in [3.8, 4) is 0 Å². The maximum atomic E-state index is 11.6. The Kier molecular flexibility index (Phi) is 3.25. The van der Waals surface area contributed by atoms with Gasteiger partial charge in [-0.3, -0.25) is 0 Å². The monoisotopic (exact) mass is 282 g/mol. The van der Waals surface area contributed by atoms with Crippen molar-refractivity contribution in [1.82, 2.24) is 14.6 Å². The van der Waals surface area contributed by atoms with Crippen molar-refractivity contribution in [1.29, 1.82) is 0 Å². The number of nitrogens with one attached hydrogen (secondary N) is 1. The fourth-order valence-electron chi connectivity index (χ4n) is 1.48. The predicted octanol–water partition coefficient (Wildman–Crippen LogP) is 1.27. The number of rotatable bonds is 4. The zero-order chi connectivity index (χ0) is 14.3. The van der Waals surface area contributed by atoms with Crippen molar-refractivity contribution < 1.29 is 8.42 Å². The van der Waals surface area contributed by atoms with Gasteiger partial charge in [0.2, 0.25) is 5.95 Å². The summed E-state index contributed by atoms with van der Waals surface area (Å²) in [4.78, 5) is 4.30. The van der Waals surface area contributed by atoms with Gasteiger partial charge in [-0.05, 0) is 38.5 Å². The third-order valence-electron chi connectivity index (χ3n) is 3.17. The average Bonchev–Trinajstić information content (AvgIpc) is 2.67. The molecule has 0 aliphatic rings. The summed E-state index contributed by atoms with van der Waals surface area (Å²) in [6, 6.07) is 3.85. The summed E-state index contributed by atoms with van der Waals surface area (Å²) in [7, 11) is -3.13. The second kappa shape index (κ2) is 4.48. The number of sulfone groups is 1. The van der Waals surface area contributed by atoms with Gasteiger partial charge < -0.3 is 5.32 Å². The summed E-state index contributed by atoms with van der Waals surface area (Å²) >= 11 is 0. The molecule has 0 bridgehead atoms. The molecule has 19 heavy (non-hydrogen) atoms. The van der Waals surface area contributed by atoms with Crippen LogP contribution in [0.4, 0.5) is 5.95 Å². The minimum absolute atomic E-state index is 0.266. The summed E-state index contributed by atoms with van der Waals surface area (Å²) in [5.41, 5.74) is 1.84. The van der Waals surface area contributed by atoms with Gasteiger partial charge in [0.05, 0.1) is 4.75 Å². The number of fused-ring (bicyclic) bond motifs is 1. The molecule has 0 fully saturated rings. The van der Waals surface area contributed by atoms with E-state index in [1.54, 1.807) is 18.4 Å². The third kappa shape index (κ3) is 2.86. The van der Waals surface area contributed by atoms with E-state index in [4.69, 9.17) is 0 Å². The van der Waals surface area contributed by atoms with E-state index in [0.717, 1.165) is 11.2 Å². The van der Waals surface area contributed by atoms with Crippen molar-refractivity contribution in [2.75, 3.05) is 18.1 Å². The van der Waals surface area contributed by atoms with E-state index in [0.29, 0.717) is 5.95 Å². The minimum atomic E-state index is -3.13. The van der Waals surface area contributed by atoms with Crippen LogP contribution in [0.1, 0.15) is 19.4 Å². The van der Waals surface area contributed by atoms with Crippen molar-refractivity contribution in [3.05, 3.63) is 23.9 Å². The Morgan fingerprint density at radius 1 is 1.42 bits per heavy atom. The van der Waals surface area contributed by atoms with Crippen molar-refractivity contribution in [3.63, 3.8) is 0 Å². The van der Waals surface area contributed by atoms with E-state index in [-0.39, 0.29) is 6.54 Å². The van der Waals surface area contributed by atoms with Gasteiger partial charge in [0, 0.05) is 19.0 Å². The lowest BCUT2D eigenvalue weighted by Gasteiger charge is -2.22. The molecule has 2 aromatic heterocycles. The predicted molar refractivity (Wildman–Crippen MR) is 75.1 cm³/mol. The Morgan fingerprint density at radius 2 is 2.11 bits per heavy atom. The van der Waals surface area contributed by atoms with Crippen LogP contribution in [0.5, 0.6) is 0 Å². The maximum absolute atomic E-state index is 11.6. The molecular weight excluding hydrogens is 264 g/mol. The maximum Gasteiger partial charge on any atom is 0.243 e. The van der Waals surface area contributed by atoms with E-state index >= 15 is 0 Å². The quantitative estimate of drug-likeness (QED) is 0.914. The van der Waals surface area contributed by atoms with Crippen molar-refractivity contribution >= 4 is 21.4 Å². The molecule has 0 unspecified atom stereocenters. The van der Waals surface area contributed by atoms with Gasteiger partial charge in [-0.15, -0.1) is 5.10 Å². The van der Waals surface area contributed by atoms with Gasteiger partial charge in [-0.2, -0.15) is 4.98 Å². The van der Waals surface area contributed by atoms with Crippen LogP contribution in [0.3, 0.4) is 0 Å². The van der Waals surface area contributed by atoms with Gasteiger partial charge in [0.25, 0.3) is 0 Å². The van der Waals surface area contributed by atoms with E-state index in [1.165, 1.54) is 6.26 Å². The number of hydrogen-bond donors (Lipinski definition) is 1. The Bertz CT molecular complexity index is 704. The second-order valence-corrected chi connectivity index (χ2v) is 7.98. The molecule has 2 rings (SSSR count). The highest BCUT2D eigenvalue weighted by atomic mass is 32.2. The van der Waals surface area contributed by atoms with Crippen LogP contribution in [0.15, 0.2) is 18.3 Å². The number of anilines is 1. The molecule has 2 heterocycles. The molecule has 1 N–H and O–H groups in total. The number of nitrogens with zero attached hydrogens (tertiary/aromatic N) is 3. The molecule has 7 heteroatoms. The summed E-state index contributed by atoms with van der Waals surface area (Å²) in [5.74, 6) is 0.433. The summed E-state index contributed by atoms with van der Waals surface area (Å²) in [6.07, 6.45) is 3.06. The first-order valence-corrected chi connectivity index (χ1v) is 7.85. The molecule has 0 spiro atoms. The molecule has 0 saturated carbocycles. The fourth-order valence-corrected chi connectivity index (χ4v) is 1.82.